The average Bonchev–Trinajstić information content (AvgIpc) is 2.60. The molecule has 2 fully saturated rings. The normalized spacial score (nSPS) is 48.1. The molecule has 3 nitrogen and oxygen atoms in total. The Bertz CT molecular complexity index is 169. The van der Waals surface area contributed by atoms with E-state index < -0.39 is 0 Å². The van der Waals surface area contributed by atoms with E-state index in [4.69, 9.17) is 9.84 Å². The fourth-order valence-corrected chi connectivity index (χ4v) is 2.24. The molecule has 2 saturated heterocycles. The van der Waals surface area contributed by atoms with E-state index in [0.717, 1.165) is 19.1 Å². The van der Waals surface area contributed by atoms with Crippen molar-refractivity contribution in [2.45, 2.75) is 25.0 Å². The van der Waals surface area contributed by atoms with Crippen LogP contribution in [0.3, 0.4) is 0 Å². The van der Waals surface area contributed by atoms with Gasteiger partial charge in [0.25, 0.3) is 0 Å². The molecule has 0 spiro atoms. The van der Waals surface area contributed by atoms with Crippen LogP contribution in [0.2, 0.25) is 0 Å². The first-order chi connectivity index (χ1) is 5.36. The van der Waals surface area contributed by atoms with E-state index in [1.165, 1.54) is 0 Å². The molecule has 0 aromatic heterocycles. The van der Waals surface area contributed by atoms with Crippen molar-refractivity contribution in [3.8, 4) is 0 Å². The van der Waals surface area contributed by atoms with E-state index in [-0.39, 0.29) is 30.7 Å². The summed E-state index contributed by atoms with van der Waals surface area (Å²) in [4.78, 5) is 10.6. The van der Waals surface area contributed by atoms with Gasteiger partial charge in [-0.25, -0.2) is 0 Å². The molecule has 3 heteroatoms. The fraction of sp³-hybridized carbons (Fsp3) is 0.875. The second kappa shape index (κ2) is 2.57. The summed E-state index contributed by atoms with van der Waals surface area (Å²) in [5.74, 6) is 0.0324. The van der Waals surface area contributed by atoms with Crippen LogP contribution in [0.25, 0.3) is 0 Å². The molecule has 0 radical (unpaired) electrons. The highest BCUT2D eigenvalue weighted by atomic mass is 16.5. The Morgan fingerprint density at radius 3 is 2.73 bits per heavy atom. The van der Waals surface area contributed by atoms with Gasteiger partial charge in [0.1, 0.15) is 6.29 Å². The van der Waals surface area contributed by atoms with Gasteiger partial charge in [-0.3, -0.25) is 0 Å². The number of aldehydes is 1. The molecular weight excluding hydrogens is 144 g/mol. The summed E-state index contributed by atoms with van der Waals surface area (Å²) in [6, 6.07) is 0. The molecule has 0 aromatic carbocycles. The lowest BCUT2D eigenvalue weighted by atomic mass is 9.81. The monoisotopic (exact) mass is 156 g/mol. The third-order valence-corrected chi connectivity index (χ3v) is 2.85. The summed E-state index contributed by atoms with van der Waals surface area (Å²) < 4.78 is 5.49. The first kappa shape index (κ1) is 7.25. The lowest BCUT2D eigenvalue weighted by Crippen LogP contribution is -2.30. The van der Waals surface area contributed by atoms with Crippen LogP contribution in [0.15, 0.2) is 0 Å². The van der Waals surface area contributed by atoms with Crippen molar-refractivity contribution in [1.29, 1.82) is 0 Å². The van der Waals surface area contributed by atoms with Crippen LogP contribution >= 0.6 is 0 Å². The number of carbonyl (C=O) groups is 1. The average molecular weight is 156 g/mol. The maximum atomic E-state index is 10.6. The Morgan fingerprint density at radius 1 is 1.45 bits per heavy atom. The molecule has 2 aliphatic rings. The van der Waals surface area contributed by atoms with Gasteiger partial charge in [0.05, 0.1) is 12.2 Å². The van der Waals surface area contributed by atoms with Crippen molar-refractivity contribution < 1.29 is 14.6 Å². The molecule has 62 valence electrons. The van der Waals surface area contributed by atoms with Crippen molar-refractivity contribution in [3.05, 3.63) is 0 Å². The van der Waals surface area contributed by atoms with E-state index >= 15 is 0 Å². The minimum absolute atomic E-state index is 0.0428. The van der Waals surface area contributed by atoms with Crippen LogP contribution in [0.4, 0.5) is 0 Å². The minimum Gasteiger partial charge on any atom is -0.396 e. The zero-order chi connectivity index (χ0) is 7.84. The Kier molecular flexibility index (Phi) is 1.69. The van der Waals surface area contributed by atoms with Gasteiger partial charge in [0, 0.05) is 18.4 Å². The second-order valence-corrected chi connectivity index (χ2v) is 3.35. The Balaban J connectivity index is 2.13. The zero-order valence-corrected chi connectivity index (χ0v) is 6.27. The molecular formula is C8H12O3. The second-order valence-electron chi connectivity index (χ2n) is 3.35. The molecule has 2 bridgehead atoms. The fourth-order valence-electron chi connectivity index (χ4n) is 2.24. The molecule has 0 unspecified atom stereocenters. The summed E-state index contributed by atoms with van der Waals surface area (Å²) >= 11 is 0. The van der Waals surface area contributed by atoms with Crippen LogP contribution in [-0.4, -0.2) is 30.2 Å². The lowest BCUT2D eigenvalue weighted by Gasteiger charge is -2.20. The van der Waals surface area contributed by atoms with E-state index in [9.17, 15) is 4.79 Å². The van der Waals surface area contributed by atoms with E-state index in [0.29, 0.717) is 0 Å². The standard InChI is InChI=1S/C8H12O3/c9-3-5-6(4-10)8-2-1-7(5)11-8/h3,5-8,10H,1-2,4H2/t5-,6-,7-,8+/m0/s1. The van der Waals surface area contributed by atoms with Gasteiger partial charge < -0.3 is 14.6 Å². The number of carbonyl (C=O) groups excluding carboxylic acids is 1. The number of hydrogen-bond donors (Lipinski definition) is 1. The van der Waals surface area contributed by atoms with Gasteiger partial charge in [-0.2, -0.15) is 0 Å². The molecule has 0 amide bonds. The number of rotatable bonds is 2. The number of fused-ring (bicyclic) bond motifs is 2. The van der Waals surface area contributed by atoms with Gasteiger partial charge >= 0.3 is 0 Å². The first-order valence-corrected chi connectivity index (χ1v) is 4.08. The van der Waals surface area contributed by atoms with Crippen LogP contribution in [0.5, 0.6) is 0 Å². The first-order valence-electron chi connectivity index (χ1n) is 4.08. The molecule has 0 saturated carbocycles. The van der Waals surface area contributed by atoms with Crippen molar-refractivity contribution >= 4 is 6.29 Å². The number of ether oxygens (including phenoxy) is 1. The Morgan fingerprint density at radius 2 is 2.18 bits per heavy atom. The molecule has 11 heavy (non-hydrogen) atoms. The van der Waals surface area contributed by atoms with Gasteiger partial charge in [-0.15, -0.1) is 0 Å². The summed E-state index contributed by atoms with van der Waals surface area (Å²) in [7, 11) is 0. The van der Waals surface area contributed by atoms with E-state index in [1.54, 1.807) is 0 Å². The lowest BCUT2D eigenvalue weighted by molar-refractivity contribution is -0.113. The quantitative estimate of drug-likeness (QED) is 0.571. The highest BCUT2D eigenvalue weighted by Gasteiger charge is 2.48. The molecule has 2 aliphatic heterocycles. The van der Waals surface area contributed by atoms with E-state index in [1.807, 2.05) is 0 Å². The number of hydrogen-bond acceptors (Lipinski definition) is 3. The third-order valence-electron chi connectivity index (χ3n) is 2.85. The van der Waals surface area contributed by atoms with Crippen LogP contribution in [0.1, 0.15) is 12.8 Å². The zero-order valence-electron chi connectivity index (χ0n) is 6.27. The molecule has 0 aromatic rings. The van der Waals surface area contributed by atoms with Crippen LogP contribution in [0, 0.1) is 11.8 Å². The van der Waals surface area contributed by atoms with Gasteiger partial charge in [0.2, 0.25) is 0 Å². The topological polar surface area (TPSA) is 46.5 Å². The molecule has 2 rings (SSSR count). The predicted octanol–water partition coefficient (Wildman–Crippen LogP) is -0.0288. The maximum absolute atomic E-state index is 10.6. The van der Waals surface area contributed by atoms with E-state index in [2.05, 4.69) is 0 Å². The van der Waals surface area contributed by atoms with Crippen LogP contribution < -0.4 is 0 Å². The summed E-state index contributed by atoms with van der Waals surface area (Å²) in [6.07, 6.45) is 3.20. The van der Waals surface area contributed by atoms with Gasteiger partial charge in [-0.05, 0) is 12.8 Å². The molecule has 4 atom stereocenters. The van der Waals surface area contributed by atoms with Crippen molar-refractivity contribution in [3.63, 3.8) is 0 Å². The van der Waals surface area contributed by atoms with Crippen molar-refractivity contribution in [2.24, 2.45) is 11.8 Å². The summed E-state index contributed by atoms with van der Waals surface area (Å²) in [5.41, 5.74) is 0. The minimum atomic E-state index is -0.0428. The highest BCUT2D eigenvalue weighted by Crippen LogP contribution is 2.41. The number of aliphatic hydroxyl groups is 1. The molecule has 2 heterocycles. The summed E-state index contributed by atoms with van der Waals surface area (Å²) in [6.45, 7) is 0.0879. The largest absolute Gasteiger partial charge is 0.396 e. The Labute approximate surface area is 65.4 Å². The molecule has 1 N–H and O–H groups in total. The van der Waals surface area contributed by atoms with Crippen LogP contribution in [-0.2, 0) is 9.53 Å². The SMILES string of the molecule is O=C[C@H]1[C@H](CO)[C@H]2CC[C@@H]1O2. The smallest absolute Gasteiger partial charge is 0.126 e. The highest BCUT2D eigenvalue weighted by molar-refractivity contribution is 5.56. The maximum Gasteiger partial charge on any atom is 0.126 e. The van der Waals surface area contributed by atoms with Crippen molar-refractivity contribution in [2.75, 3.05) is 6.61 Å². The van der Waals surface area contributed by atoms with Gasteiger partial charge in [-0.1, -0.05) is 0 Å². The van der Waals surface area contributed by atoms with Gasteiger partial charge in [0.15, 0.2) is 0 Å². The van der Waals surface area contributed by atoms with Crippen molar-refractivity contribution in [1.82, 2.24) is 0 Å². The number of aliphatic hydroxyl groups excluding tert-OH is 1. The Hall–Kier alpha value is -0.410. The predicted molar refractivity (Wildman–Crippen MR) is 38.0 cm³/mol. The summed E-state index contributed by atoms with van der Waals surface area (Å²) in [5, 5.41) is 8.95. The third kappa shape index (κ3) is 0.914. The molecule has 0 aliphatic carbocycles.